The SMILES string of the molecule is O/N=C\C1C=CC=C[N]1. The molecular formula is C6H7N2O. The van der Waals surface area contributed by atoms with E-state index < -0.39 is 0 Å². The van der Waals surface area contributed by atoms with Gasteiger partial charge in [0.1, 0.15) is 6.04 Å². The molecule has 0 aliphatic carbocycles. The number of nitrogens with zero attached hydrogens (tertiary/aromatic N) is 2. The lowest BCUT2D eigenvalue weighted by Crippen LogP contribution is -2.17. The van der Waals surface area contributed by atoms with Crippen LogP contribution in [0, 0.1) is 0 Å². The van der Waals surface area contributed by atoms with Crippen LogP contribution in [0.15, 0.2) is 29.6 Å². The van der Waals surface area contributed by atoms with E-state index in [-0.39, 0.29) is 6.04 Å². The van der Waals surface area contributed by atoms with Crippen molar-refractivity contribution in [3.05, 3.63) is 24.4 Å². The molecule has 0 amide bonds. The molecule has 0 saturated heterocycles. The molecule has 1 N–H and O–H groups in total. The third-order valence-corrected chi connectivity index (χ3v) is 0.983. The van der Waals surface area contributed by atoms with Gasteiger partial charge in [-0.3, -0.25) is 5.32 Å². The number of hydrogen-bond acceptors (Lipinski definition) is 2. The lowest BCUT2D eigenvalue weighted by Gasteiger charge is -2.04. The summed E-state index contributed by atoms with van der Waals surface area (Å²) in [5.74, 6) is 0. The van der Waals surface area contributed by atoms with Gasteiger partial charge >= 0.3 is 0 Å². The first-order chi connectivity index (χ1) is 4.43. The average Bonchev–Trinajstić information content (AvgIpc) is 1.91. The number of hydrogen-bond donors (Lipinski definition) is 1. The van der Waals surface area contributed by atoms with Crippen molar-refractivity contribution >= 4 is 6.21 Å². The van der Waals surface area contributed by atoms with Gasteiger partial charge in [0.15, 0.2) is 0 Å². The summed E-state index contributed by atoms with van der Waals surface area (Å²) >= 11 is 0. The zero-order chi connectivity index (χ0) is 6.53. The van der Waals surface area contributed by atoms with E-state index >= 15 is 0 Å². The summed E-state index contributed by atoms with van der Waals surface area (Å²) < 4.78 is 0. The highest BCUT2D eigenvalue weighted by Crippen LogP contribution is 1.92. The van der Waals surface area contributed by atoms with Crippen LogP contribution in [0.25, 0.3) is 0 Å². The zero-order valence-corrected chi connectivity index (χ0v) is 4.81. The van der Waals surface area contributed by atoms with Crippen molar-refractivity contribution in [3.8, 4) is 0 Å². The molecule has 1 radical (unpaired) electrons. The standard InChI is InChI=1S/C6H7N2O/c9-8-5-6-3-1-2-4-7-6/h1-6,9H/b8-5-. The van der Waals surface area contributed by atoms with Crippen molar-refractivity contribution in [1.82, 2.24) is 5.32 Å². The summed E-state index contributed by atoms with van der Waals surface area (Å²) in [5.41, 5.74) is 0. The molecule has 0 aromatic rings. The Labute approximate surface area is 53.4 Å². The average molecular weight is 123 g/mol. The van der Waals surface area contributed by atoms with Crippen LogP contribution in [0.5, 0.6) is 0 Å². The summed E-state index contributed by atoms with van der Waals surface area (Å²) in [4.78, 5) is 0. The molecule has 1 aliphatic heterocycles. The Morgan fingerprint density at radius 1 is 1.56 bits per heavy atom. The Bertz CT molecular complexity index is 160. The van der Waals surface area contributed by atoms with Crippen LogP contribution in [0.4, 0.5) is 0 Å². The van der Waals surface area contributed by atoms with Gasteiger partial charge in [0.2, 0.25) is 0 Å². The van der Waals surface area contributed by atoms with E-state index in [2.05, 4.69) is 10.5 Å². The first kappa shape index (κ1) is 5.88. The summed E-state index contributed by atoms with van der Waals surface area (Å²) in [5, 5.41) is 14.9. The van der Waals surface area contributed by atoms with Crippen LogP contribution in [0.3, 0.4) is 0 Å². The molecular weight excluding hydrogens is 116 g/mol. The van der Waals surface area contributed by atoms with Crippen molar-refractivity contribution in [2.24, 2.45) is 5.16 Å². The minimum atomic E-state index is -0.0833. The first-order valence-corrected chi connectivity index (χ1v) is 2.64. The molecule has 1 heterocycles. The lowest BCUT2D eigenvalue weighted by atomic mass is 10.2. The van der Waals surface area contributed by atoms with Crippen molar-refractivity contribution in [3.63, 3.8) is 0 Å². The van der Waals surface area contributed by atoms with Crippen molar-refractivity contribution < 1.29 is 5.21 Å². The van der Waals surface area contributed by atoms with Gasteiger partial charge in [-0.05, 0) is 6.08 Å². The van der Waals surface area contributed by atoms with Gasteiger partial charge in [0.25, 0.3) is 0 Å². The van der Waals surface area contributed by atoms with Gasteiger partial charge in [0.05, 0.1) is 6.21 Å². The fraction of sp³-hybridized carbons (Fsp3) is 0.167. The lowest BCUT2D eigenvalue weighted by molar-refractivity contribution is 0.320. The summed E-state index contributed by atoms with van der Waals surface area (Å²) in [6, 6.07) is -0.0833. The van der Waals surface area contributed by atoms with Crippen molar-refractivity contribution in [2.75, 3.05) is 0 Å². The van der Waals surface area contributed by atoms with Gasteiger partial charge in [-0.2, -0.15) is 0 Å². The summed E-state index contributed by atoms with van der Waals surface area (Å²) in [6.45, 7) is 0. The molecule has 0 aromatic carbocycles. The maximum atomic E-state index is 8.07. The molecule has 1 rings (SSSR count). The second-order valence-corrected chi connectivity index (χ2v) is 1.63. The van der Waals surface area contributed by atoms with Gasteiger partial charge in [-0.15, -0.1) is 0 Å². The van der Waals surface area contributed by atoms with E-state index in [0.717, 1.165) is 0 Å². The quantitative estimate of drug-likeness (QED) is 0.308. The van der Waals surface area contributed by atoms with Crippen molar-refractivity contribution in [2.45, 2.75) is 6.04 Å². The Kier molecular flexibility index (Phi) is 1.90. The fourth-order valence-electron chi connectivity index (χ4n) is 0.583. The zero-order valence-electron chi connectivity index (χ0n) is 4.81. The molecule has 1 unspecified atom stereocenters. The molecule has 3 nitrogen and oxygen atoms in total. The van der Waals surface area contributed by atoms with Crippen LogP contribution < -0.4 is 5.32 Å². The molecule has 9 heavy (non-hydrogen) atoms. The Morgan fingerprint density at radius 2 is 2.44 bits per heavy atom. The molecule has 1 atom stereocenters. The van der Waals surface area contributed by atoms with E-state index in [9.17, 15) is 0 Å². The molecule has 3 heteroatoms. The van der Waals surface area contributed by atoms with Crippen LogP contribution in [-0.2, 0) is 0 Å². The maximum Gasteiger partial charge on any atom is 0.107 e. The Morgan fingerprint density at radius 3 is 3.00 bits per heavy atom. The molecule has 0 fully saturated rings. The summed E-state index contributed by atoms with van der Waals surface area (Å²) in [7, 11) is 0. The monoisotopic (exact) mass is 123 g/mol. The van der Waals surface area contributed by atoms with E-state index in [0.29, 0.717) is 0 Å². The first-order valence-electron chi connectivity index (χ1n) is 2.64. The third kappa shape index (κ3) is 1.60. The largest absolute Gasteiger partial charge is 0.411 e. The predicted molar refractivity (Wildman–Crippen MR) is 34.5 cm³/mol. The van der Waals surface area contributed by atoms with E-state index in [1.807, 2.05) is 18.2 Å². The van der Waals surface area contributed by atoms with Crippen LogP contribution >= 0.6 is 0 Å². The molecule has 0 spiro atoms. The number of rotatable bonds is 1. The Hall–Kier alpha value is -1.25. The maximum absolute atomic E-state index is 8.07. The predicted octanol–water partition coefficient (Wildman–Crippen LogP) is 0.503. The van der Waals surface area contributed by atoms with Crippen LogP contribution in [0.2, 0.25) is 0 Å². The highest BCUT2D eigenvalue weighted by atomic mass is 16.4. The van der Waals surface area contributed by atoms with Gasteiger partial charge in [0, 0.05) is 6.20 Å². The topological polar surface area (TPSA) is 46.7 Å². The minimum absolute atomic E-state index is 0.0833. The van der Waals surface area contributed by atoms with E-state index in [1.165, 1.54) is 6.21 Å². The summed E-state index contributed by atoms with van der Waals surface area (Å²) in [6.07, 6.45) is 8.55. The van der Waals surface area contributed by atoms with Crippen LogP contribution in [0.1, 0.15) is 0 Å². The third-order valence-electron chi connectivity index (χ3n) is 0.983. The minimum Gasteiger partial charge on any atom is -0.411 e. The van der Waals surface area contributed by atoms with E-state index in [4.69, 9.17) is 5.21 Å². The molecule has 0 aromatic heterocycles. The second kappa shape index (κ2) is 2.91. The second-order valence-electron chi connectivity index (χ2n) is 1.63. The normalized spacial score (nSPS) is 24.7. The van der Waals surface area contributed by atoms with Crippen molar-refractivity contribution in [1.29, 1.82) is 0 Å². The number of oxime groups is 1. The smallest absolute Gasteiger partial charge is 0.107 e. The molecule has 0 saturated carbocycles. The molecule has 1 aliphatic rings. The highest BCUT2D eigenvalue weighted by molar-refractivity contribution is 5.67. The van der Waals surface area contributed by atoms with Gasteiger partial charge in [-0.25, -0.2) is 0 Å². The fourth-order valence-corrected chi connectivity index (χ4v) is 0.583. The van der Waals surface area contributed by atoms with Crippen LogP contribution in [-0.4, -0.2) is 17.5 Å². The Balaban J connectivity index is 2.46. The molecule has 0 bridgehead atoms. The highest BCUT2D eigenvalue weighted by Gasteiger charge is 1.99. The van der Waals surface area contributed by atoms with E-state index in [1.54, 1.807) is 6.20 Å². The molecule has 47 valence electrons. The van der Waals surface area contributed by atoms with Gasteiger partial charge in [-0.1, -0.05) is 17.3 Å². The number of allylic oxidation sites excluding steroid dienone is 2. The van der Waals surface area contributed by atoms with Gasteiger partial charge < -0.3 is 5.21 Å².